The van der Waals surface area contributed by atoms with E-state index in [1.807, 2.05) is 0 Å². The zero-order chi connectivity index (χ0) is 12.3. The van der Waals surface area contributed by atoms with Gasteiger partial charge < -0.3 is 5.11 Å². The smallest absolute Gasteiger partial charge is 0.383 e. The van der Waals surface area contributed by atoms with Gasteiger partial charge in [0.1, 0.15) is 11.6 Å². The Hall–Kier alpha value is -0.820. The summed E-state index contributed by atoms with van der Waals surface area (Å²) in [5, 5.41) is 8.65. The van der Waals surface area contributed by atoms with E-state index in [1.54, 1.807) is 0 Å². The molecule has 0 amide bonds. The van der Waals surface area contributed by atoms with Crippen LogP contribution in [-0.2, 0) is 0 Å². The number of aliphatic hydroxyl groups excluding tert-OH is 1. The maximum absolute atomic E-state index is 13.0. The minimum absolute atomic E-state index is 0.261. The Labute approximate surface area is 92.3 Å². The average molecular weight is 258 g/mol. The van der Waals surface area contributed by atoms with Crippen LogP contribution in [0.1, 0.15) is 0 Å². The fourth-order valence-electron chi connectivity index (χ4n) is 0.851. The van der Waals surface area contributed by atoms with Gasteiger partial charge in [-0.15, -0.1) is 11.8 Å². The Morgan fingerprint density at radius 3 is 2.44 bits per heavy atom. The molecule has 1 aromatic carbocycles. The normalized spacial score (nSPS) is 13.9. The number of hydrogen-bond donors (Lipinski definition) is 1. The monoisotopic (exact) mass is 258 g/mol. The van der Waals surface area contributed by atoms with Crippen molar-refractivity contribution in [3.05, 3.63) is 29.8 Å². The molecule has 0 aliphatic rings. The van der Waals surface area contributed by atoms with E-state index in [-0.39, 0.29) is 4.90 Å². The Kier molecular flexibility index (Phi) is 4.15. The third-order valence-electron chi connectivity index (χ3n) is 1.67. The molecule has 0 aliphatic heterocycles. The highest BCUT2D eigenvalue weighted by Gasteiger charge is 2.38. The second kappa shape index (κ2) is 5.01. The Morgan fingerprint density at radius 1 is 1.25 bits per heavy atom. The topological polar surface area (TPSA) is 20.2 Å². The minimum atomic E-state index is -4.75. The van der Waals surface area contributed by atoms with Gasteiger partial charge >= 0.3 is 6.18 Å². The second-order valence-corrected chi connectivity index (χ2v) is 4.00. The number of thioether (sulfide) groups is 1. The van der Waals surface area contributed by atoms with Crippen LogP contribution in [0.15, 0.2) is 23.1 Å². The van der Waals surface area contributed by atoms with Gasteiger partial charge in [-0.3, -0.25) is 0 Å². The van der Waals surface area contributed by atoms with Crippen molar-refractivity contribution in [1.82, 2.24) is 0 Å². The van der Waals surface area contributed by atoms with Gasteiger partial charge in [0, 0.05) is 10.6 Å². The Balaban J connectivity index is 2.64. The molecule has 16 heavy (non-hydrogen) atoms. The zero-order valence-corrected chi connectivity index (χ0v) is 8.58. The molecule has 90 valence electrons. The van der Waals surface area contributed by atoms with Crippen LogP contribution < -0.4 is 0 Å². The van der Waals surface area contributed by atoms with E-state index in [4.69, 9.17) is 5.11 Å². The molecule has 0 radical (unpaired) electrons. The van der Waals surface area contributed by atoms with E-state index in [2.05, 4.69) is 0 Å². The first-order chi connectivity index (χ1) is 7.30. The van der Waals surface area contributed by atoms with E-state index >= 15 is 0 Å². The van der Waals surface area contributed by atoms with Crippen molar-refractivity contribution in [1.29, 1.82) is 0 Å². The van der Waals surface area contributed by atoms with Gasteiger partial charge in [0.05, 0.1) is 0 Å². The van der Waals surface area contributed by atoms with Crippen LogP contribution >= 0.6 is 11.8 Å². The quantitative estimate of drug-likeness (QED) is 0.664. The largest absolute Gasteiger partial charge is 0.415 e. The second-order valence-electron chi connectivity index (χ2n) is 2.94. The average Bonchev–Trinajstić information content (AvgIpc) is 2.17. The minimum Gasteiger partial charge on any atom is -0.383 e. The summed E-state index contributed by atoms with van der Waals surface area (Å²) in [6.45, 7) is 0. The maximum atomic E-state index is 13.0. The number of halogens is 5. The van der Waals surface area contributed by atoms with Gasteiger partial charge in [-0.25, -0.2) is 8.78 Å². The van der Waals surface area contributed by atoms with Gasteiger partial charge in [0.15, 0.2) is 6.10 Å². The van der Waals surface area contributed by atoms with Crippen LogP contribution in [0.2, 0.25) is 0 Å². The summed E-state index contributed by atoms with van der Waals surface area (Å²) < 4.78 is 61.3. The van der Waals surface area contributed by atoms with Crippen molar-refractivity contribution in [2.45, 2.75) is 17.2 Å². The first-order valence-corrected chi connectivity index (χ1v) is 5.12. The molecule has 0 fully saturated rings. The van der Waals surface area contributed by atoms with Crippen molar-refractivity contribution in [3.8, 4) is 0 Å². The zero-order valence-electron chi connectivity index (χ0n) is 7.76. The number of rotatable bonds is 3. The first-order valence-electron chi connectivity index (χ1n) is 4.13. The number of alkyl halides is 3. The summed E-state index contributed by atoms with van der Waals surface area (Å²) in [5.74, 6) is -2.34. The van der Waals surface area contributed by atoms with Gasteiger partial charge in [0.25, 0.3) is 0 Å². The van der Waals surface area contributed by atoms with E-state index in [0.717, 1.165) is 18.2 Å². The van der Waals surface area contributed by atoms with E-state index in [1.165, 1.54) is 0 Å². The molecule has 7 heteroatoms. The molecular weight excluding hydrogens is 251 g/mol. The van der Waals surface area contributed by atoms with Gasteiger partial charge in [-0.2, -0.15) is 13.2 Å². The predicted octanol–water partition coefficient (Wildman–Crippen LogP) is 2.98. The lowest BCUT2D eigenvalue weighted by Crippen LogP contribution is -2.30. The predicted molar refractivity (Wildman–Crippen MR) is 49.1 cm³/mol. The third-order valence-corrected chi connectivity index (χ3v) is 2.77. The van der Waals surface area contributed by atoms with E-state index < -0.39 is 29.7 Å². The molecule has 1 unspecified atom stereocenters. The van der Waals surface area contributed by atoms with Crippen molar-refractivity contribution >= 4 is 11.8 Å². The van der Waals surface area contributed by atoms with Crippen molar-refractivity contribution in [2.75, 3.05) is 5.75 Å². The third kappa shape index (κ3) is 3.64. The maximum Gasteiger partial charge on any atom is 0.415 e. The van der Waals surface area contributed by atoms with Crippen molar-refractivity contribution in [2.24, 2.45) is 0 Å². The number of hydrogen-bond acceptors (Lipinski definition) is 2. The standard InChI is InChI=1S/C9H7F5OS/c10-5-1-2-6(11)7(3-5)16-4-8(15)9(12,13)14/h1-3,8,15H,4H2. The van der Waals surface area contributed by atoms with Crippen LogP contribution in [0, 0.1) is 11.6 Å². The highest BCUT2D eigenvalue weighted by Crippen LogP contribution is 2.28. The van der Waals surface area contributed by atoms with E-state index in [0.29, 0.717) is 11.8 Å². The number of aliphatic hydroxyl groups is 1. The van der Waals surface area contributed by atoms with Crippen LogP contribution in [0.5, 0.6) is 0 Å². The first kappa shape index (κ1) is 13.2. The lowest BCUT2D eigenvalue weighted by Gasteiger charge is -2.13. The molecule has 0 heterocycles. The fraction of sp³-hybridized carbons (Fsp3) is 0.333. The highest BCUT2D eigenvalue weighted by molar-refractivity contribution is 7.99. The molecule has 0 spiro atoms. The van der Waals surface area contributed by atoms with Gasteiger partial charge in [-0.05, 0) is 18.2 Å². The molecule has 1 nitrogen and oxygen atoms in total. The summed E-state index contributed by atoms with van der Waals surface area (Å²) in [7, 11) is 0. The van der Waals surface area contributed by atoms with Crippen LogP contribution in [0.4, 0.5) is 22.0 Å². The SMILES string of the molecule is OC(CSc1cc(F)ccc1F)C(F)(F)F. The molecule has 0 bridgehead atoms. The Morgan fingerprint density at radius 2 is 1.88 bits per heavy atom. The van der Waals surface area contributed by atoms with Crippen LogP contribution in [-0.4, -0.2) is 23.1 Å². The summed E-state index contributed by atoms with van der Waals surface area (Å²) in [6.07, 6.45) is -7.31. The molecule has 1 rings (SSSR count). The molecular formula is C9H7F5OS. The van der Waals surface area contributed by atoms with Gasteiger partial charge in [0.2, 0.25) is 0 Å². The summed E-state index contributed by atoms with van der Waals surface area (Å²) >= 11 is 0.411. The molecule has 1 atom stereocenters. The molecule has 0 saturated carbocycles. The summed E-state index contributed by atoms with van der Waals surface area (Å²) in [5.41, 5.74) is 0. The Bertz CT molecular complexity index is 365. The van der Waals surface area contributed by atoms with Gasteiger partial charge in [-0.1, -0.05) is 0 Å². The molecule has 1 aromatic rings. The number of benzene rings is 1. The molecule has 0 aromatic heterocycles. The lowest BCUT2D eigenvalue weighted by atomic mass is 10.3. The van der Waals surface area contributed by atoms with Crippen molar-refractivity contribution < 1.29 is 27.1 Å². The molecule has 1 N–H and O–H groups in total. The van der Waals surface area contributed by atoms with Crippen LogP contribution in [0.3, 0.4) is 0 Å². The fourth-order valence-corrected chi connectivity index (χ4v) is 1.78. The molecule has 0 aliphatic carbocycles. The highest BCUT2D eigenvalue weighted by atomic mass is 32.2. The van der Waals surface area contributed by atoms with Crippen molar-refractivity contribution in [3.63, 3.8) is 0 Å². The van der Waals surface area contributed by atoms with E-state index in [9.17, 15) is 22.0 Å². The summed E-state index contributed by atoms with van der Waals surface area (Å²) in [6, 6.07) is 2.46. The van der Waals surface area contributed by atoms with Crippen LogP contribution in [0.25, 0.3) is 0 Å². The lowest BCUT2D eigenvalue weighted by molar-refractivity contribution is -0.195. The summed E-state index contributed by atoms with van der Waals surface area (Å²) in [4.78, 5) is -0.261. The molecule has 0 saturated heterocycles.